The molecule has 0 atom stereocenters. The van der Waals surface area contributed by atoms with Crippen LogP contribution in [0.4, 0.5) is 0 Å². The SMILES string of the molecule is CCc1ccc(C2(CC(=O)O)CC2)cc1C. The number of hydrogen-bond donors (Lipinski definition) is 1. The molecule has 1 aromatic rings. The summed E-state index contributed by atoms with van der Waals surface area (Å²) >= 11 is 0. The monoisotopic (exact) mass is 218 g/mol. The smallest absolute Gasteiger partial charge is 0.304 e. The molecule has 16 heavy (non-hydrogen) atoms. The van der Waals surface area contributed by atoms with E-state index in [-0.39, 0.29) is 11.8 Å². The third-order valence-electron chi connectivity index (χ3n) is 3.68. The Bertz CT molecular complexity index is 417. The van der Waals surface area contributed by atoms with Crippen LogP contribution in [0, 0.1) is 6.92 Å². The van der Waals surface area contributed by atoms with Gasteiger partial charge in [0.05, 0.1) is 6.42 Å². The molecule has 86 valence electrons. The Kier molecular flexibility index (Phi) is 2.75. The summed E-state index contributed by atoms with van der Waals surface area (Å²) in [5.74, 6) is -0.685. The van der Waals surface area contributed by atoms with Crippen LogP contribution in [0.25, 0.3) is 0 Å². The van der Waals surface area contributed by atoms with Crippen LogP contribution in [0.15, 0.2) is 18.2 Å². The van der Waals surface area contributed by atoms with E-state index in [4.69, 9.17) is 5.11 Å². The van der Waals surface area contributed by atoms with E-state index in [9.17, 15) is 4.79 Å². The number of aryl methyl sites for hydroxylation is 2. The van der Waals surface area contributed by atoms with Crippen LogP contribution in [0.1, 0.15) is 42.9 Å². The Hall–Kier alpha value is -1.31. The first-order valence-corrected chi connectivity index (χ1v) is 5.89. The van der Waals surface area contributed by atoms with Gasteiger partial charge in [-0.05, 0) is 42.9 Å². The Morgan fingerprint density at radius 1 is 1.44 bits per heavy atom. The molecule has 0 unspecified atom stereocenters. The zero-order chi connectivity index (χ0) is 11.8. The molecule has 0 radical (unpaired) electrons. The van der Waals surface area contributed by atoms with Crippen LogP contribution in [0.2, 0.25) is 0 Å². The maximum Gasteiger partial charge on any atom is 0.304 e. The highest BCUT2D eigenvalue weighted by Crippen LogP contribution is 2.51. The summed E-state index contributed by atoms with van der Waals surface area (Å²) in [6.45, 7) is 4.26. The molecule has 1 N–H and O–H groups in total. The van der Waals surface area contributed by atoms with Crippen LogP contribution in [-0.4, -0.2) is 11.1 Å². The lowest BCUT2D eigenvalue weighted by Gasteiger charge is -2.15. The maximum absolute atomic E-state index is 10.8. The molecule has 1 aliphatic carbocycles. The minimum absolute atomic E-state index is 0.0527. The van der Waals surface area contributed by atoms with E-state index in [1.807, 2.05) is 0 Å². The van der Waals surface area contributed by atoms with Gasteiger partial charge in [-0.3, -0.25) is 4.79 Å². The van der Waals surface area contributed by atoms with Gasteiger partial charge >= 0.3 is 5.97 Å². The first kappa shape index (κ1) is 11.2. The molecule has 0 amide bonds. The molecule has 2 heteroatoms. The normalized spacial score (nSPS) is 17.1. The van der Waals surface area contributed by atoms with E-state index < -0.39 is 5.97 Å². The van der Waals surface area contributed by atoms with Gasteiger partial charge in [0.1, 0.15) is 0 Å². The average molecular weight is 218 g/mol. The molecular weight excluding hydrogens is 200 g/mol. The summed E-state index contributed by atoms with van der Waals surface area (Å²) < 4.78 is 0. The molecule has 1 aliphatic rings. The number of carboxylic acids is 1. The van der Waals surface area contributed by atoms with E-state index in [0.717, 1.165) is 19.3 Å². The minimum Gasteiger partial charge on any atom is -0.481 e. The zero-order valence-corrected chi connectivity index (χ0v) is 9.92. The van der Waals surface area contributed by atoms with Crippen LogP contribution in [0.3, 0.4) is 0 Å². The van der Waals surface area contributed by atoms with Gasteiger partial charge in [-0.25, -0.2) is 0 Å². The van der Waals surface area contributed by atoms with E-state index >= 15 is 0 Å². The third-order valence-corrected chi connectivity index (χ3v) is 3.68. The Morgan fingerprint density at radius 3 is 2.56 bits per heavy atom. The summed E-state index contributed by atoms with van der Waals surface area (Å²) in [5.41, 5.74) is 3.80. The summed E-state index contributed by atoms with van der Waals surface area (Å²) in [6, 6.07) is 6.43. The van der Waals surface area contributed by atoms with Crippen LogP contribution < -0.4 is 0 Å². The van der Waals surface area contributed by atoms with Crippen molar-refractivity contribution in [1.82, 2.24) is 0 Å². The van der Waals surface area contributed by atoms with Gasteiger partial charge in [-0.1, -0.05) is 25.1 Å². The van der Waals surface area contributed by atoms with E-state index in [2.05, 4.69) is 32.0 Å². The second-order valence-corrected chi connectivity index (χ2v) is 4.85. The van der Waals surface area contributed by atoms with Crippen molar-refractivity contribution in [3.63, 3.8) is 0 Å². The molecule has 0 aliphatic heterocycles. The van der Waals surface area contributed by atoms with Gasteiger partial charge in [0, 0.05) is 5.41 Å². The number of aliphatic carboxylic acids is 1. The molecule has 1 saturated carbocycles. The summed E-state index contributed by atoms with van der Waals surface area (Å²) in [6.07, 6.45) is 3.35. The molecule has 0 bridgehead atoms. The van der Waals surface area contributed by atoms with Gasteiger partial charge in [-0.2, -0.15) is 0 Å². The zero-order valence-electron chi connectivity index (χ0n) is 9.92. The number of carbonyl (C=O) groups is 1. The molecule has 2 rings (SSSR count). The van der Waals surface area contributed by atoms with Crippen molar-refractivity contribution < 1.29 is 9.90 Å². The first-order valence-electron chi connectivity index (χ1n) is 5.89. The van der Waals surface area contributed by atoms with Crippen molar-refractivity contribution in [3.05, 3.63) is 34.9 Å². The van der Waals surface area contributed by atoms with Crippen molar-refractivity contribution in [1.29, 1.82) is 0 Å². The number of rotatable bonds is 4. The maximum atomic E-state index is 10.8. The number of carboxylic acid groups (broad SMARTS) is 1. The highest BCUT2D eigenvalue weighted by Gasteiger charge is 2.45. The van der Waals surface area contributed by atoms with E-state index in [1.54, 1.807) is 0 Å². The summed E-state index contributed by atoms with van der Waals surface area (Å²) in [5, 5.41) is 8.92. The first-order chi connectivity index (χ1) is 7.57. The largest absolute Gasteiger partial charge is 0.481 e. The molecular formula is C14H18O2. The van der Waals surface area contributed by atoms with Crippen molar-refractivity contribution >= 4 is 5.97 Å². The molecule has 2 nitrogen and oxygen atoms in total. The highest BCUT2D eigenvalue weighted by molar-refractivity contribution is 5.70. The Morgan fingerprint density at radius 2 is 2.12 bits per heavy atom. The molecule has 1 fully saturated rings. The topological polar surface area (TPSA) is 37.3 Å². The standard InChI is InChI=1S/C14H18O2/c1-3-11-4-5-12(8-10(11)2)14(6-7-14)9-13(15)16/h4-5,8H,3,6-7,9H2,1-2H3,(H,15,16). The number of benzene rings is 1. The molecule has 0 aromatic heterocycles. The second kappa shape index (κ2) is 3.93. The van der Waals surface area contributed by atoms with E-state index in [1.165, 1.54) is 16.7 Å². The van der Waals surface area contributed by atoms with Crippen LogP contribution in [-0.2, 0) is 16.6 Å². The van der Waals surface area contributed by atoms with E-state index in [0.29, 0.717) is 0 Å². The molecule has 1 aromatic carbocycles. The summed E-state index contributed by atoms with van der Waals surface area (Å²) in [7, 11) is 0. The highest BCUT2D eigenvalue weighted by atomic mass is 16.4. The lowest BCUT2D eigenvalue weighted by atomic mass is 9.89. The third kappa shape index (κ3) is 1.97. The van der Waals surface area contributed by atoms with Crippen molar-refractivity contribution in [2.24, 2.45) is 0 Å². The molecule has 0 spiro atoms. The van der Waals surface area contributed by atoms with Gasteiger partial charge in [0.15, 0.2) is 0 Å². The Balaban J connectivity index is 2.28. The van der Waals surface area contributed by atoms with Gasteiger partial charge in [0.25, 0.3) is 0 Å². The van der Waals surface area contributed by atoms with Crippen molar-refractivity contribution in [2.45, 2.75) is 44.9 Å². The van der Waals surface area contributed by atoms with Gasteiger partial charge < -0.3 is 5.11 Å². The number of hydrogen-bond acceptors (Lipinski definition) is 1. The second-order valence-electron chi connectivity index (χ2n) is 4.85. The predicted octanol–water partition coefficient (Wildman–Crippen LogP) is 3.06. The van der Waals surface area contributed by atoms with Crippen LogP contribution >= 0.6 is 0 Å². The minimum atomic E-state index is -0.685. The quantitative estimate of drug-likeness (QED) is 0.843. The lowest BCUT2D eigenvalue weighted by Crippen LogP contribution is -2.13. The molecule has 0 saturated heterocycles. The van der Waals surface area contributed by atoms with Crippen molar-refractivity contribution in [3.8, 4) is 0 Å². The fraction of sp³-hybridized carbons (Fsp3) is 0.500. The van der Waals surface area contributed by atoms with Gasteiger partial charge in [0.2, 0.25) is 0 Å². The molecule has 0 heterocycles. The van der Waals surface area contributed by atoms with Crippen LogP contribution in [0.5, 0.6) is 0 Å². The van der Waals surface area contributed by atoms with Crippen molar-refractivity contribution in [2.75, 3.05) is 0 Å². The lowest BCUT2D eigenvalue weighted by molar-refractivity contribution is -0.137. The van der Waals surface area contributed by atoms with Gasteiger partial charge in [-0.15, -0.1) is 0 Å². The Labute approximate surface area is 96.3 Å². The predicted molar refractivity (Wildman–Crippen MR) is 63.7 cm³/mol. The fourth-order valence-electron chi connectivity index (χ4n) is 2.43. The average Bonchev–Trinajstić information content (AvgIpc) is 2.98. The fourth-order valence-corrected chi connectivity index (χ4v) is 2.43. The summed E-state index contributed by atoms with van der Waals surface area (Å²) in [4.78, 5) is 10.8.